The smallest absolute Gasteiger partial charge is 0.252 e. The molecule has 0 radical (unpaired) electrons. The highest BCUT2D eigenvalue weighted by Gasteiger charge is 2.07. The van der Waals surface area contributed by atoms with Crippen molar-refractivity contribution in [2.75, 3.05) is 18.4 Å². The van der Waals surface area contributed by atoms with Crippen LogP contribution in [-0.4, -0.2) is 24.0 Å². The number of pyridine rings is 1. The third-order valence-electron chi connectivity index (χ3n) is 4.30. The molecule has 0 aliphatic rings. The first-order chi connectivity index (χ1) is 13.6. The van der Waals surface area contributed by atoms with Gasteiger partial charge < -0.3 is 10.6 Å². The summed E-state index contributed by atoms with van der Waals surface area (Å²) in [6.45, 7) is 0.990. The lowest BCUT2D eigenvalue weighted by Gasteiger charge is -2.08. The molecule has 2 aromatic carbocycles. The molecule has 0 bridgehead atoms. The van der Waals surface area contributed by atoms with Crippen molar-refractivity contribution in [3.63, 3.8) is 0 Å². The standard InChI is InChI=1S/C22H21F2N3O/c23-19-8-5-16(6-9-19)11-13-25-21-10-7-18(15-27-21)22(28)26-14-12-17-3-1-2-4-20(17)24/h1-10,15H,11-14H2,(H,25,27)(H,26,28). The van der Waals surface area contributed by atoms with E-state index in [0.717, 1.165) is 12.0 Å². The van der Waals surface area contributed by atoms with E-state index in [1.807, 2.05) is 0 Å². The largest absolute Gasteiger partial charge is 0.370 e. The average Bonchev–Trinajstić information content (AvgIpc) is 2.71. The predicted molar refractivity (Wildman–Crippen MR) is 105 cm³/mol. The Morgan fingerprint density at radius 1 is 0.893 bits per heavy atom. The summed E-state index contributed by atoms with van der Waals surface area (Å²) in [7, 11) is 0. The Morgan fingerprint density at radius 3 is 2.39 bits per heavy atom. The zero-order valence-corrected chi connectivity index (χ0v) is 15.3. The SMILES string of the molecule is O=C(NCCc1ccccc1F)c1ccc(NCCc2ccc(F)cc2)nc1. The van der Waals surface area contributed by atoms with Gasteiger partial charge in [-0.25, -0.2) is 13.8 Å². The Kier molecular flexibility index (Phi) is 6.68. The van der Waals surface area contributed by atoms with Gasteiger partial charge in [0.2, 0.25) is 0 Å². The number of hydrogen-bond donors (Lipinski definition) is 2. The number of halogens is 2. The van der Waals surface area contributed by atoms with Gasteiger partial charge in [-0.3, -0.25) is 4.79 Å². The lowest BCUT2D eigenvalue weighted by molar-refractivity contribution is 0.0953. The van der Waals surface area contributed by atoms with Crippen LogP contribution in [0.4, 0.5) is 14.6 Å². The van der Waals surface area contributed by atoms with Crippen LogP contribution in [0.15, 0.2) is 66.9 Å². The van der Waals surface area contributed by atoms with Crippen LogP contribution in [0.3, 0.4) is 0 Å². The van der Waals surface area contributed by atoms with E-state index in [1.165, 1.54) is 24.4 Å². The van der Waals surface area contributed by atoms with Gasteiger partial charge in [0, 0.05) is 19.3 Å². The number of rotatable bonds is 8. The monoisotopic (exact) mass is 381 g/mol. The highest BCUT2D eigenvalue weighted by atomic mass is 19.1. The van der Waals surface area contributed by atoms with E-state index >= 15 is 0 Å². The number of benzene rings is 2. The summed E-state index contributed by atoms with van der Waals surface area (Å²) >= 11 is 0. The normalized spacial score (nSPS) is 10.5. The molecular formula is C22H21F2N3O. The second-order valence-corrected chi connectivity index (χ2v) is 6.33. The zero-order valence-electron chi connectivity index (χ0n) is 15.3. The van der Waals surface area contributed by atoms with E-state index in [9.17, 15) is 13.6 Å². The third-order valence-corrected chi connectivity index (χ3v) is 4.30. The molecule has 6 heteroatoms. The molecule has 0 unspecified atom stereocenters. The topological polar surface area (TPSA) is 54.0 Å². The summed E-state index contributed by atoms with van der Waals surface area (Å²) in [4.78, 5) is 16.4. The summed E-state index contributed by atoms with van der Waals surface area (Å²) in [5, 5.41) is 5.93. The van der Waals surface area contributed by atoms with Crippen LogP contribution in [0.2, 0.25) is 0 Å². The van der Waals surface area contributed by atoms with Gasteiger partial charge in [0.05, 0.1) is 5.56 Å². The summed E-state index contributed by atoms with van der Waals surface area (Å²) < 4.78 is 26.4. The van der Waals surface area contributed by atoms with Crippen molar-refractivity contribution in [1.29, 1.82) is 0 Å². The van der Waals surface area contributed by atoms with Crippen LogP contribution in [0.5, 0.6) is 0 Å². The van der Waals surface area contributed by atoms with Crippen LogP contribution in [-0.2, 0) is 12.8 Å². The van der Waals surface area contributed by atoms with Crippen LogP contribution in [0.25, 0.3) is 0 Å². The molecule has 0 atom stereocenters. The van der Waals surface area contributed by atoms with E-state index in [-0.39, 0.29) is 17.5 Å². The number of nitrogens with one attached hydrogen (secondary N) is 2. The molecule has 3 aromatic rings. The fraction of sp³-hybridized carbons (Fsp3) is 0.182. The Balaban J connectivity index is 1.43. The predicted octanol–water partition coefficient (Wildman–Crippen LogP) is 3.99. The lowest BCUT2D eigenvalue weighted by Crippen LogP contribution is -2.26. The molecule has 1 aromatic heterocycles. The molecule has 1 heterocycles. The number of anilines is 1. The maximum atomic E-state index is 13.6. The van der Waals surface area contributed by atoms with E-state index < -0.39 is 0 Å². The van der Waals surface area contributed by atoms with Crippen LogP contribution < -0.4 is 10.6 Å². The first-order valence-corrected chi connectivity index (χ1v) is 9.08. The second-order valence-electron chi connectivity index (χ2n) is 6.33. The van der Waals surface area contributed by atoms with Gasteiger partial charge in [0.25, 0.3) is 5.91 Å². The average molecular weight is 381 g/mol. The minimum absolute atomic E-state index is 0.248. The van der Waals surface area contributed by atoms with Crippen molar-refractivity contribution in [1.82, 2.24) is 10.3 Å². The number of carbonyl (C=O) groups excluding carboxylic acids is 1. The third kappa shape index (κ3) is 5.61. The molecule has 1 amide bonds. The van der Waals surface area contributed by atoms with Gasteiger partial charge >= 0.3 is 0 Å². The number of nitrogens with zero attached hydrogens (tertiary/aromatic N) is 1. The zero-order chi connectivity index (χ0) is 19.8. The molecular weight excluding hydrogens is 360 g/mol. The van der Waals surface area contributed by atoms with Gasteiger partial charge in [0.15, 0.2) is 0 Å². The summed E-state index contributed by atoms with van der Waals surface area (Å²) in [6.07, 6.45) is 2.66. The summed E-state index contributed by atoms with van der Waals surface area (Å²) in [5.74, 6) is -0.109. The van der Waals surface area contributed by atoms with Crippen LogP contribution >= 0.6 is 0 Å². The molecule has 2 N–H and O–H groups in total. The molecule has 3 rings (SSSR count). The summed E-state index contributed by atoms with van der Waals surface area (Å²) in [5.41, 5.74) is 2.04. The first-order valence-electron chi connectivity index (χ1n) is 9.08. The van der Waals surface area contributed by atoms with Gasteiger partial charge in [-0.15, -0.1) is 0 Å². The van der Waals surface area contributed by atoms with Crippen molar-refractivity contribution in [3.8, 4) is 0 Å². The van der Waals surface area contributed by atoms with E-state index in [0.29, 0.717) is 36.5 Å². The van der Waals surface area contributed by atoms with Crippen molar-refractivity contribution >= 4 is 11.7 Å². The second kappa shape index (κ2) is 9.60. The van der Waals surface area contributed by atoms with Gasteiger partial charge in [-0.05, 0) is 54.3 Å². The highest BCUT2D eigenvalue weighted by molar-refractivity contribution is 5.94. The van der Waals surface area contributed by atoms with E-state index in [1.54, 1.807) is 42.5 Å². The molecule has 0 saturated heterocycles. The molecule has 0 fully saturated rings. The summed E-state index contributed by atoms with van der Waals surface area (Å²) in [6, 6.07) is 16.3. The lowest BCUT2D eigenvalue weighted by atomic mass is 10.1. The van der Waals surface area contributed by atoms with Crippen LogP contribution in [0.1, 0.15) is 21.5 Å². The number of carbonyl (C=O) groups is 1. The molecule has 4 nitrogen and oxygen atoms in total. The van der Waals surface area contributed by atoms with E-state index in [2.05, 4.69) is 15.6 Å². The molecule has 0 aliphatic carbocycles. The van der Waals surface area contributed by atoms with Crippen molar-refractivity contribution in [3.05, 3.63) is 95.2 Å². The van der Waals surface area contributed by atoms with Crippen molar-refractivity contribution < 1.29 is 13.6 Å². The Morgan fingerprint density at radius 2 is 1.68 bits per heavy atom. The van der Waals surface area contributed by atoms with Gasteiger partial charge in [-0.1, -0.05) is 30.3 Å². The minimum atomic E-state index is -0.269. The quantitative estimate of drug-likeness (QED) is 0.620. The maximum Gasteiger partial charge on any atom is 0.252 e. The Labute approximate surface area is 162 Å². The fourth-order valence-electron chi connectivity index (χ4n) is 2.73. The van der Waals surface area contributed by atoms with Gasteiger partial charge in [0.1, 0.15) is 17.5 Å². The fourth-order valence-corrected chi connectivity index (χ4v) is 2.73. The molecule has 0 saturated carbocycles. The minimum Gasteiger partial charge on any atom is -0.370 e. The Bertz CT molecular complexity index is 912. The number of hydrogen-bond acceptors (Lipinski definition) is 3. The highest BCUT2D eigenvalue weighted by Crippen LogP contribution is 2.08. The number of aromatic nitrogens is 1. The van der Waals surface area contributed by atoms with Crippen molar-refractivity contribution in [2.45, 2.75) is 12.8 Å². The van der Waals surface area contributed by atoms with Gasteiger partial charge in [-0.2, -0.15) is 0 Å². The molecule has 0 aliphatic heterocycles. The van der Waals surface area contributed by atoms with Crippen LogP contribution in [0, 0.1) is 11.6 Å². The van der Waals surface area contributed by atoms with Crippen molar-refractivity contribution in [2.24, 2.45) is 0 Å². The maximum absolute atomic E-state index is 13.6. The molecule has 0 spiro atoms. The first kappa shape index (κ1) is 19.5. The molecule has 144 valence electrons. The molecule has 28 heavy (non-hydrogen) atoms. The van der Waals surface area contributed by atoms with E-state index in [4.69, 9.17) is 0 Å². The number of amides is 1. The Hall–Kier alpha value is -3.28.